The molecule has 0 saturated carbocycles. The van der Waals surface area contributed by atoms with Crippen molar-refractivity contribution in [2.45, 2.75) is 66.2 Å². The number of aromatic amines is 2. The third-order valence-electron chi connectivity index (χ3n) is 9.40. The first-order valence-corrected chi connectivity index (χ1v) is 16.2. The highest BCUT2D eigenvalue weighted by atomic mass is 14.8. The van der Waals surface area contributed by atoms with E-state index in [2.05, 4.69) is 150 Å². The van der Waals surface area contributed by atoms with Crippen molar-refractivity contribution in [1.29, 1.82) is 0 Å². The number of rotatable bonds is 4. The van der Waals surface area contributed by atoms with Crippen LogP contribution >= 0.6 is 0 Å². The highest BCUT2D eigenvalue weighted by molar-refractivity contribution is 6.04. The number of fused-ring (bicyclic) bond motifs is 3. The Labute approximate surface area is 272 Å². The van der Waals surface area contributed by atoms with Crippen LogP contribution in [0.2, 0.25) is 0 Å². The number of nitrogens with zero attached hydrogens (tertiary/aromatic N) is 2. The average molecular weight is 603 g/mol. The van der Waals surface area contributed by atoms with E-state index in [1.165, 1.54) is 33.4 Å². The van der Waals surface area contributed by atoms with Crippen molar-refractivity contribution in [2.75, 3.05) is 0 Å². The third kappa shape index (κ3) is 5.22. The van der Waals surface area contributed by atoms with Crippen molar-refractivity contribution in [2.24, 2.45) is 0 Å². The zero-order valence-electron chi connectivity index (χ0n) is 28.1. The maximum Gasteiger partial charge on any atom is 0.0972 e. The summed E-state index contributed by atoms with van der Waals surface area (Å²) in [6.07, 6.45) is 3.98. The van der Waals surface area contributed by atoms with Gasteiger partial charge < -0.3 is 9.97 Å². The van der Waals surface area contributed by atoms with Gasteiger partial charge in [-0.1, -0.05) is 65.8 Å². The van der Waals surface area contributed by atoms with Gasteiger partial charge >= 0.3 is 0 Å². The molecular weight excluding hydrogens is 560 g/mol. The van der Waals surface area contributed by atoms with E-state index < -0.39 is 0 Å². The second kappa shape index (κ2) is 10.8. The number of hydrogen-bond acceptors (Lipinski definition) is 2. The normalized spacial score (nSPS) is 12.3. The van der Waals surface area contributed by atoms with Gasteiger partial charge in [0, 0.05) is 56.8 Å². The van der Waals surface area contributed by atoms with Gasteiger partial charge in [0.25, 0.3) is 0 Å². The van der Waals surface area contributed by atoms with Gasteiger partial charge in [-0.3, -0.25) is 0 Å². The van der Waals surface area contributed by atoms with Crippen LogP contribution in [0.5, 0.6) is 0 Å². The van der Waals surface area contributed by atoms with Crippen LogP contribution in [0.3, 0.4) is 0 Å². The van der Waals surface area contributed by atoms with Crippen LogP contribution in [-0.2, 0) is 10.8 Å². The largest absolute Gasteiger partial charge is 0.361 e. The SMILES string of the molecule is Cc1c(-c2ccc3ccc4ccc(-c5cc(C(C)(C)C)cc(-c6ccc[nH]6)c5C)nc4c3n2)cc(C(C)(C)C)cc1-c1ccc[nH]1. The zero-order valence-corrected chi connectivity index (χ0v) is 28.1. The minimum atomic E-state index is -0.0117. The van der Waals surface area contributed by atoms with Gasteiger partial charge in [0.2, 0.25) is 0 Å². The third-order valence-corrected chi connectivity index (χ3v) is 9.40. The summed E-state index contributed by atoms with van der Waals surface area (Å²) in [5, 5.41) is 2.17. The molecule has 0 atom stereocenters. The maximum atomic E-state index is 5.37. The molecule has 4 aromatic heterocycles. The van der Waals surface area contributed by atoms with E-state index in [4.69, 9.17) is 9.97 Å². The van der Waals surface area contributed by atoms with Crippen molar-refractivity contribution in [3.63, 3.8) is 0 Å². The van der Waals surface area contributed by atoms with Crippen molar-refractivity contribution >= 4 is 21.8 Å². The molecule has 3 aromatic carbocycles. The number of benzene rings is 3. The number of H-pyrrole nitrogens is 2. The lowest BCUT2D eigenvalue weighted by atomic mass is 9.82. The van der Waals surface area contributed by atoms with Crippen LogP contribution in [0.15, 0.2) is 97.3 Å². The summed E-state index contributed by atoms with van der Waals surface area (Å²) < 4.78 is 0. The van der Waals surface area contributed by atoms with E-state index in [0.717, 1.165) is 55.7 Å². The second-order valence-corrected chi connectivity index (χ2v) is 14.7. The van der Waals surface area contributed by atoms with E-state index in [0.29, 0.717) is 0 Å². The van der Waals surface area contributed by atoms with E-state index in [1.54, 1.807) is 0 Å². The van der Waals surface area contributed by atoms with Crippen molar-refractivity contribution in [1.82, 2.24) is 19.9 Å². The Balaban J connectivity index is 1.45. The summed E-state index contributed by atoms with van der Waals surface area (Å²) in [5.74, 6) is 0. The lowest BCUT2D eigenvalue weighted by Crippen LogP contribution is -2.12. The Kier molecular flexibility index (Phi) is 7.01. The van der Waals surface area contributed by atoms with E-state index in [-0.39, 0.29) is 10.8 Å². The minimum absolute atomic E-state index is 0.0117. The first kappa shape index (κ1) is 29.7. The van der Waals surface area contributed by atoms with E-state index in [9.17, 15) is 0 Å². The Bertz CT molecular complexity index is 2060. The lowest BCUT2D eigenvalue weighted by Gasteiger charge is -2.23. The topological polar surface area (TPSA) is 57.4 Å². The lowest BCUT2D eigenvalue weighted by molar-refractivity contribution is 0.590. The zero-order chi connectivity index (χ0) is 32.4. The van der Waals surface area contributed by atoms with Gasteiger partial charge in [0.05, 0.1) is 22.4 Å². The molecule has 4 heteroatoms. The minimum Gasteiger partial charge on any atom is -0.361 e. The van der Waals surface area contributed by atoms with Gasteiger partial charge in [0.1, 0.15) is 0 Å². The molecule has 4 heterocycles. The molecule has 7 aromatic rings. The molecule has 0 amide bonds. The molecule has 0 radical (unpaired) electrons. The smallest absolute Gasteiger partial charge is 0.0972 e. The summed E-state index contributed by atoms with van der Waals surface area (Å²) in [5.41, 5.74) is 15.7. The molecule has 2 N–H and O–H groups in total. The quantitative estimate of drug-likeness (QED) is 0.197. The molecule has 0 bridgehead atoms. The van der Waals surface area contributed by atoms with Gasteiger partial charge in [0.15, 0.2) is 0 Å². The molecule has 0 aliphatic rings. The molecule has 0 saturated heterocycles. The predicted molar refractivity (Wildman–Crippen MR) is 194 cm³/mol. The van der Waals surface area contributed by atoms with Gasteiger partial charge in [-0.25, -0.2) is 9.97 Å². The molecule has 0 aliphatic carbocycles. The number of nitrogens with one attached hydrogen (secondary N) is 2. The molecular formula is C42H42N4. The van der Waals surface area contributed by atoms with Crippen molar-refractivity contribution in [3.8, 4) is 45.0 Å². The summed E-state index contributed by atoms with van der Waals surface area (Å²) in [6, 6.07) is 30.7. The number of hydrogen-bond donors (Lipinski definition) is 2. The standard InChI is InChI=1S/C42H42N4/c1-25-31(35-11-9-19-43-35)21-29(41(3,4)5)23-33(25)37-17-15-27-13-14-28-16-18-38(46-40(28)39(27)45-37)34-24-30(42(6,7)8)22-32(26(34)2)36-12-10-20-44-36/h9-24,43-44H,1-8H3. The highest BCUT2D eigenvalue weighted by Gasteiger charge is 2.22. The van der Waals surface area contributed by atoms with Crippen molar-refractivity contribution in [3.05, 3.63) is 120 Å². The fraction of sp³-hybridized carbons (Fsp3) is 0.238. The maximum absolute atomic E-state index is 5.37. The molecule has 4 nitrogen and oxygen atoms in total. The summed E-state index contributed by atoms with van der Waals surface area (Å²) in [6.45, 7) is 18.0. The molecule has 7 rings (SSSR count). The van der Waals surface area contributed by atoms with Crippen LogP contribution in [-0.4, -0.2) is 19.9 Å². The molecule has 0 fully saturated rings. The van der Waals surface area contributed by atoms with Gasteiger partial charge in [-0.2, -0.15) is 0 Å². The molecule has 0 aliphatic heterocycles. The van der Waals surface area contributed by atoms with Crippen LogP contribution < -0.4 is 0 Å². The van der Waals surface area contributed by atoms with Crippen molar-refractivity contribution < 1.29 is 0 Å². The first-order valence-electron chi connectivity index (χ1n) is 16.2. The summed E-state index contributed by atoms with van der Waals surface area (Å²) in [4.78, 5) is 17.6. The van der Waals surface area contributed by atoms with Gasteiger partial charge in [-0.05, 0) is 108 Å². The second-order valence-electron chi connectivity index (χ2n) is 14.7. The molecule has 46 heavy (non-hydrogen) atoms. The van der Waals surface area contributed by atoms with E-state index in [1.807, 2.05) is 12.4 Å². The highest BCUT2D eigenvalue weighted by Crippen LogP contribution is 2.39. The van der Waals surface area contributed by atoms with Crippen LogP contribution in [0, 0.1) is 13.8 Å². The molecule has 0 spiro atoms. The first-order chi connectivity index (χ1) is 21.9. The number of pyridine rings is 2. The Morgan fingerprint density at radius 2 is 0.848 bits per heavy atom. The van der Waals surface area contributed by atoms with Crippen LogP contribution in [0.1, 0.15) is 63.8 Å². The Hall–Kier alpha value is -4.96. The predicted octanol–water partition coefficient (Wildman–Crippen LogP) is 11.3. The van der Waals surface area contributed by atoms with Gasteiger partial charge in [-0.15, -0.1) is 0 Å². The fourth-order valence-corrected chi connectivity index (χ4v) is 6.45. The van der Waals surface area contributed by atoms with Crippen LogP contribution in [0.25, 0.3) is 66.8 Å². The van der Waals surface area contributed by atoms with E-state index >= 15 is 0 Å². The number of aromatic nitrogens is 4. The Morgan fingerprint density at radius 3 is 1.20 bits per heavy atom. The molecule has 230 valence electrons. The summed E-state index contributed by atoms with van der Waals surface area (Å²) in [7, 11) is 0. The molecule has 0 unspecified atom stereocenters. The van der Waals surface area contributed by atoms with Crippen LogP contribution in [0.4, 0.5) is 0 Å². The monoisotopic (exact) mass is 602 g/mol. The fourth-order valence-electron chi connectivity index (χ4n) is 6.45. The Morgan fingerprint density at radius 1 is 0.478 bits per heavy atom. The average Bonchev–Trinajstić information content (AvgIpc) is 3.75. The summed E-state index contributed by atoms with van der Waals surface area (Å²) >= 11 is 0.